The highest BCUT2D eigenvalue weighted by Crippen LogP contribution is 2.32. The number of nitrogens with one attached hydrogen (secondary N) is 2. The van der Waals surface area contributed by atoms with Gasteiger partial charge < -0.3 is 10.4 Å². The zero-order valence-electron chi connectivity index (χ0n) is 11.3. The van der Waals surface area contributed by atoms with Crippen LogP contribution in [0.5, 0.6) is 0 Å². The lowest BCUT2D eigenvalue weighted by Crippen LogP contribution is -2.25. The van der Waals surface area contributed by atoms with Gasteiger partial charge in [-0.05, 0) is 30.4 Å². The Morgan fingerprint density at radius 1 is 1.33 bits per heavy atom. The topological polar surface area (TPSA) is 95.1 Å². The molecule has 1 atom stereocenters. The molecule has 6 heteroatoms. The van der Waals surface area contributed by atoms with Gasteiger partial charge in [0.05, 0.1) is 17.8 Å². The first-order valence-corrected chi connectivity index (χ1v) is 6.82. The summed E-state index contributed by atoms with van der Waals surface area (Å²) in [5.74, 6) is -1.58. The third-order valence-electron chi connectivity index (χ3n) is 3.80. The van der Waals surface area contributed by atoms with E-state index < -0.39 is 5.97 Å². The van der Waals surface area contributed by atoms with Crippen LogP contribution in [0.4, 0.5) is 5.69 Å². The number of aromatic carboxylic acids is 1. The Kier molecular flexibility index (Phi) is 3.43. The van der Waals surface area contributed by atoms with E-state index in [2.05, 4.69) is 15.5 Å². The maximum Gasteiger partial charge on any atom is 0.356 e. The number of aromatic amines is 1. The molecule has 0 radical (unpaired) electrons. The summed E-state index contributed by atoms with van der Waals surface area (Å²) < 4.78 is 0. The highest BCUT2D eigenvalue weighted by molar-refractivity contribution is 6.01. The summed E-state index contributed by atoms with van der Waals surface area (Å²) in [5, 5.41) is 17.7. The van der Waals surface area contributed by atoms with Gasteiger partial charge in [0.2, 0.25) is 5.91 Å². The molecule has 0 spiro atoms. The number of carboxylic acids is 1. The number of carbonyl (C=O) groups is 2. The molecule has 0 aliphatic heterocycles. The van der Waals surface area contributed by atoms with E-state index in [9.17, 15) is 9.59 Å². The third-order valence-corrected chi connectivity index (χ3v) is 3.80. The Morgan fingerprint density at radius 3 is 2.95 bits per heavy atom. The van der Waals surface area contributed by atoms with Crippen molar-refractivity contribution in [3.63, 3.8) is 0 Å². The number of hydrogen-bond acceptors (Lipinski definition) is 3. The van der Waals surface area contributed by atoms with Crippen LogP contribution in [-0.2, 0) is 11.2 Å². The van der Waals surface area contributed by atoms with Gasteiger partial charge in [-0.15, -0.1) is 0 Å². The Bertz CT molecular complexity index is 693. The molecular weight excluding hydrogens is 270 g/mol. The summed E-state index contributed by atoms with van der Waals surface area (Å²) in [6.45, 7) is 0. The van der Waals surface area contributed by atoms with Crippen LogP contribution in [0.3, 0.4) is 0 Å². The molecule has 3 rings (SSSR count). The molecule has 1 unspecified atom stereocenters. The van der Waals surface area contributed by atoms with Crippen molar-refractivity contribution in [3.8, 4) is 0 Å². The van der Waals surface area contributed by atoms with Gasteiger partial charge in [0.1, 0.15) is 0 Å². The maximum atomic E-state index is 12.5. The van der Waals surface area contributed by atoms with Crippen LogP contribution in [0, 0.1) is 0 Å². The number of hydrogen-bond donors (Lipinski definition) is 3. The number of amides is 1. The molecule has 3 N–H and O–H groups in total. The smallest absolute Gasteiger partial charge is 0.356 e. The molecule has 0 bridgehead atoms. The van der Waals surface area contributed by atoms with Crippen molar-refractivity contribution in [2.45, 2.75) is 25.2 Å². The molecule has 0 fully saturated rings. The fourth-order valence-electron chi connectivity index (χ4n) is 2.79. The summed E-state index contributed by atoms with van der Waals surface area (Å²) in [6, 6.07) is 7.89. The molecule has 2 aromatic rings. The molecular formula is C15H15N3O3. The Labute approximate surface area is 121 Å². The summed E-state index contributed by atoms with van der Waals surface area (Å²) in [4.78, 5) is 23.5. The van der Waals surface area contributed by atoms with Crippen molar-refractivity contribution < 1.29 is 14.7 Å². The predicted molar refractivity (Wildman–Crippen MR) is 76.3 cm³/mol. The highest BCUT2D eigenvalue weighted by Gasteiger charge is 2.27. The van der Waals surface area contributed by atoms with E-state index in [1.165, 1.54) is 11.8 Å². The summed E-state index contributed by atoms with van der Waals surface area (Å²) in [6.07, 6.45) is 4.01. The first kappa shape index (κ1) is 13.4. The van der Waals surface area contributed by atoms with E-state index >= 15 is 0 Å². The fourth-order valence-corrected chi connectivity index (χ4v) is 2.79. The van der Waals surface area contributed by atoms with Gasteiger partial charge in [0.25, 0.3) is 0 Å². The number of aromatic nitrogens is 2. The van der Waals surface area contributed by atoms with Crippen molar-refractivity contribution in [1.29, 1.82) is 0 Å². The Hall–Kier alpha value is -2.63. The standard InChI is InChI=1S/C15H15N3O3/c19-14(17-12-8-16-18-13(12)15(20)21)11-7-3-5-9-4-1-2-6-10(9)11/h1-2,4,6,8,11H,3,5,7H2,(H,16,18)(H,17,19)(H,20,21). The average Bonchev–Trinajstić information content (AvgIpc) is 2.95. The van der Waals surface area contributed by atoms with E-state index in [-0.39, 0.29) is 23.2 Å². The van der Waals surface area contributed by atoms with Crippen LogP contribution in [0.1, 0.15) is 40.4 Å². The monoisotopic (exact) mass is 285 g/mol. The van der Waals surface area contributed by atoms with Crippen molar-refractivity contribution in [2.24, 2.45) is 0 Å². The summed E-state index contributed by atoms with van der Waals surface area (Å²) in [7, 11) is 0. The first-order chi connectivity index (χ1) is 10.2. The quantitative estimate of drug-likeness (QED) is 0.805. The minimum atomic E-state index is -1.15. The van der Waals surface area contributed by atoms with Crippen molar-refractivity contribution in [1.82, 2.24) is 10.2 Å². The predicted octanol–water partition coefficient (Wildman–Crippen LogP) is 2.17. The molecule has 1 aromatic carbocycles. The lowest BCUT2D eigenvalue weighted by molar-refractivity contribution is -0.117. The summed E-state index contributed by atoms with van der Waals surface area (Å²) in [5.41, 5.74) is 2.32. The number of carbonyl (C=O) groups excluding carboxylic acids is 1. The number of fused-ring (bicyclic) bond motifs is 1. The van der Waals surface area contributed by atoms with E-state index in [0.29, 0.717) is 0 Å². The second kappa shape index (κ2) is 5.40. The number of benzene rings is 1. The number of nitrogens with zero attached hydrogens (tertiary/aromatic N) is 1. The van der Waals surface area contributed by atoms with Gasteiger partial charge >= 0.3 is 5.97 Å². The zero-order chi connectivity index (χ0) is 14.8. The SMILES string of the molecule is O=C(O)c1[nH]ncc1NC(=O)C1CCCc2ccccc21. The van der Waals surface area contributed by atoms with E-state index in [0.717, 1.165) is 24.8 Å². The van der Waals surface area contributed by atoms with Gasteiger partial charge in [-0.1, -0.05) is 24.3 Å². The second-order valence-electron chi connectivity index (χ2n) is 5.10. The van der Waals surface area contributed by atoms with Crippen molar-refractivity contribution in [3.05, 3.63) is 47.3 Å². The van der Waals surface area contributed by atoms with Crippen LogP contribution >= 0.6 is 0 Å². The number of H-pyrrole nitrogens is 1. The molecule has 1 aliphatic rings. The molecule has 21 heavy (non-hydrogen) atoms. The molecule has 1 aliphatic carbocycles. The Morgan fingerprint density at radius 2 is 2.14 bits per heavy atom. The molecule has 0 saturated carbocycles. The van der Waals surface area contributed by atoms with Gasteiger partial charge in [0, 0.05) is 0 Å². The minimum absolute atomic E-state index is 0.104. The van der Waals surface area contributed by atoms with Crippen molar-refractivity contribution >= 4 is 17.6 Å². The maximum absolute atomic E-state index is 12.5. The highest BCUT2D eigenvalue weighted by atomic mass is 16.4. The largest absolute Gasteiger partial charge is 0.476 e. The van der Waals surface area contributed by atoms with Gasteiger partial charge in [0.15, 0.2) is 5.69 Å². The third kappa shape index (κ3) is 2.52. The molecule has 1 amide bonds. The number of anilines is 1. The molecule has 0 saturated heterocycles. The minimum Gasteiger partial charge on any atom is -0.476 e. The van der Waals surface area contributed by atoms with E-state index in [1.54, 1.807) is 0 Å². The fraction of sp³-hybridized carbons (Fsp3) is 0.267. The van der Waals surface area contributed by atoms with E-state index in [1.807, 2.05) is 24.3 Å². The zero-order valence-corrected chi connectivity index (χ0v) is 11.3. The molecule has 1 heterocycles. The molecule has 6 nitrogen and oxygen atoms in total. The number of rotatable bonds is 3. The van der Waals surface area contributed by atoms with Gasteiger partial charge in [-0.25, -0.2) is 4.79 Å². The molecule has 108 valence electrons. The lowest BCUT2D eigenvalue weighted by atomic mass is 9.82. The number of aryl methyl sites for hydroxylation is 1. The van der Waals surface area contributed by atoms with E-state index in [4.69, 9.17) is 5.11 Å². The van der Waals surface area contributed by atoms with Gasteiger partial charge in [-0.2, -0.15) is 5.10 Å². The first-order valence-electron chi connectivity index (χ1n) is 6.82. The summed E-state index contributed by atoms with van der Waals surface area (Å²) >= 11 is 0. The Balaban J connectivity index is 1.84. The average molecular weight is 285 g/mol. The van der Waals surface area contributed by atoms with Crippen LogP contribution in [0.2, 0.25) is 0 Å². The lowest BCUT2D eigenvalue weighted by Gasteiger charge is -2.24. The van der Waals surface area contributed by atoms with Crippen LogP contribution in [0.25, 0.3) is 0 Å². The van der Waals surface area contributed by atoms with Gasteiger partial charge in [-0.3, -0.25) is 9.89 Å². The number of carboxylic acid groups (broad SMARTS) is 1. The normalized spacial score (nSPS) is 17.0. The second-order valence-corrected chi connectivity index (χ2v) is 5.10. The van der Waals surface area contributed by atoms with Crippen molar-refractivity contribution in [2.75, 3.05) is 5.32 Å². The molecule has 1 aromatic heterocycles. The van der Waals surface area contributed by atoms with Crippen LogP contribution < -0.4 is 5.32 Å². The van der Waals surface area contributed by atoms with Crippen LogP contribution in [-0.4, -0.2) is 27.2 Å². The van der Waals surface area contributed by atoms with Crippen LogP contribution in [0.15, 0.2) is 30.5 Å².